The normalized spacial score (nSPS) is 18.9. The molecule has 0 unspecified atom stereocenters. The van der Waals surface area contributed by atoms with E-state index >= 15 is 0 Å². The monoisotopic (exact) mass is 289 g/mol. The van der Waals surface area contributed by atoms with Crippen LogP contribution in [0.5, 0.6) is 0 Å². The van der Waals surface area contributed by atoms with E-state index in [9.17, 15) is 22.4 Å². The van der Waals surface area contributed by atoms with Crippen molar-refractivity contribution in [3.63, 3.8) is 0 Å². The average molecular weight is 289 g/mol. The van der Waals surface area contributed by atoms with Crippen molar-refractivity contribution in [3.8, 4) is 0 Å². The number of carbonyl (C=O) groups excluding carboxylic acids is 1. The number of ketones is 1. The van der Waals surface area contributed by atoms with Gasteiger partial charge in [0.05, 0.1) is 11.1 Å². The summed E-state index contributed by atoms with van der Waals surface area (Å²) in [4.78, 5) is 12.3. The molecule has 0 aliphatic heterocycles. The Morgan fingerprint density at radius 1 is 1.15 bits per heavy atom. The van der Waals surface area contributed by atoms with Gasteiger partial charge in [-0.1, -0.05) is 25.3 Å². The van der Waals surface area contributed by atoms with Crippen LogP contribution in [0, 0.1) is 5.82 Å². The molecular weight excluding hydrogens is 274 g/mol. The summed E-state index contributed by atoms with van der Waals surface area (Å²) in [5.74, 6) is -1.92. The van der Waals surface area contributed by atoms with E-state index in [2.05, 4.69) is 0 Å². The quantitative estimate of drug-likeness (QED) is 0.666. The Balaban J connectivity index is 2.30. The summed E-state index contributed by atoms with van der Waals surface area (Å²) in [5.41, 5.74) is 3.47. The molecule has 0 saturated heterocycles. The van der Waals surface area contributed by atoms with Crippen molar-refractivity contribution in [2.24, 2.45) is 5.73 Å². The van der Waals surface area contributed by atoms with Gasteiger partial charge in [0.25, 0.3) is 0 Å². The van der Waals surface area contributed by atoms with Gasteiger partial charge in [0.15, 0.2) is 5.78 Å². The Bertz CT molecular complexity index is 518. The first-order valence-electron chi connectivity index (χ1n) is 6.44. The molecule has 1 aliphatic rings. The van der Waals surface area contributed by atoms with E-state index < -0.39 is 28.9 Å². The van der Waals surface area contributed by atoms with E-state index in [0.717, 1.165) is 25.3 Å². The third-order valence-electron chi connectivity index (χ3n) is 3.73. The Morgan fingerprint density at radius 2 is 1.75 bits per heavy atom. The molecule has 1 aromatic carbocycles. The summed E-state index contributed by atoms with van der Waals surface area (Å²) >= 11 is 0. The molecule has 0 radical (unpaired) electrons. The second-order valence-electron chi connectivity index (χ2n) is 5.24. The van der Waals surface area contributed by atoms with Gasteiger partial charge in [-0.3, -0.25) is 4.79 Å². The van der Waals surface area contributed by atoms with E-state index in [0.29, 0.717) is 25.0 Å². The van der Waals surface area contributed by atoms with Crippen LogP contribution >= 0.6 is 0 Å². The van der Waals surface area contributed by atoms with E-state index in [1.54, 1.807) is 0 Å². The van der Waals surface area contributed by atoms with Gasteiger partial charge >= 0.3 is 6.18 Å². The maximum Gasteiger partial charge on any atom is 0.419 e. The van der Waals surface area contributed by atoms with Gasteiger partial charge in [0.1, 0.15) is 5.82 Å². The molecule has 0 aromatic heterocycles. The molecule has 2 rings (SSSR count). The van der Waals surface area contributed by atoms with Crippen molar-refractivity contribution in [3.05, 3.63) is 35.1 Å². The van der Waals surface area contributed by atoms with Gasteiger partial charge in [0.2, 0.25) is 0 Å². The maximum absolute atomic E-state index is 13.5. The number of halogens is 4. The van der Waals surface area contributed by atoms with Crippen molar-refractivity contribution in [2.45, 2.75) is 43.8 Å². The van der Waals surface area contributed by atoms with Gasteiger partial charge in [-0.15, -0.1) is 0 Å². The Morgan fingerprint density at radius 3 is 2.25 bits per heavy atom. The summed E-state index contributed by atoms with van der Waals surface area (Å²) in [5, 5.41) is 0. The number of hydrogen-bond donors (Lipinski definition) is 1. The molecule has 6 heteroatoms. The highest BCUT2D eigenvalue weighted by Gasteiger charge is 2.38. The zero-order chi connectivity index (χ0) is 15.0. The van der Waals surface area contributed by atoms with Crippen LogP contribution in [0.15, 0.2) is 18.2 Å². The van der Waals surface area contributed by atoms with Gasteiger partial charge in [-0.05, 0) is 25.0 Å². The molecular formula is C14H15F4NO. The molecule has 1 fully saturated rings. The largest absolute Gasteiger partial charge is 0.419 e. The molecule has 110 valence electrons. The molecule has 2 nitrogen and oxygen atoms in total. The van der Waals surface area contributed by atoms with E-state index in [4.69, 9.17) is 5.73 Å². The van der Waals surface area contributed by atoms with Crippen molar-refractivity contribution in [1.29, 1.82) is 0 Å². The highest BCUT2D eigenvalue weighted by molar-refractivity contribution is 6.03. The number of carbonyl (C=O) groups is 1. The van der Waals surface area contributed by atoms with E-state index in [1.165, 1.54) is 0 Å². The molecule has 0 atom stereocenters. The molecule has 20 heavy (non-hydrogen) atoms. The Hall–Kier alpha value is -1.43. The van der Waals surface area contributed by atoms with Crippen molar-refractivity contribution in [1.82, 2.24) is 0 Å². The third kappa shape index (κ3) is 2.85. The van der Waals surface area contributed by atoms with Crippen molar-refractivity contribution in [2.75, 3.05) is 0 Å². The number of Topliss-reactive ketones (excluding diaryl/α,β-unsaturated/α-hetero) is 1. The lowest BCUT2D eigenvalue weighted by Crippen LogP contribution is -2.49. The number of alkyl halides is 3. The molecule has 1 saturated carbocycles. The van der Waals surface area contributed by atoms with Crippen molar-refractivity contribution < 1.29 is 22.4 Å². The molecule has 0 heterocycles. The fraction of sp³-hybridized carbons (Fsp3) is 0.500. The highest BCUT2D eigenvalue weighted by atomic mass is 19.4. The summed E-state index contributed by atoms with van der Waals surface area (Å²) in [7, 11) is 0. The number of nitrogens with two attached hydrogens (primary N) is 1. The lowest BCUT2D eigenvalue weighted by Gasteiger charge is -2.31. The van der Waals surface area contributed by atoms with Crippen LogP contribution in [-0.4, -0.2) is 11.3 Å². The summed E-state index contributed by atoms with van der Waals surface area (Å²) < 4.78 is 50.9. The standard InChI is InChI=1S/C14H15F4NO/c15-11-8-9(4-5-10(11)14(16,17)18)12(20)13(19)6-2-1-3-7-13/h4-5,8H,1-3,6-7,19H2. The van der Waals surface area contributed by atoms with Gasteiger partial charge in [-0.25, -0.2) is 4.39 Å². The van der Waals surface area contributed by atoms with Crippen LogP contribution in [0.4, 0.5) is 17.6 Å². The second kappa shape index (κ2) is 5.16. The van der Waals surface area contributed by atoms with Crippen LogP contribution in [0.2, 0.25) is 0 Å². The van der Waals surface area contributed by atoms with Crippen LogP contribution < -0.4 is 5.73 Å². The summed E-state index contributed by atoms with van der Waals surface area (Å²) in [6, 6.07) is 2.22. The number of hydrogen-bond acceptors (Lipinski definition) is 2. The molecule has 0 bridgehead atoms. The zero-order valence-electron chi connectivity index (χ0n) is 10.8. The SMILES string of the molecule is NC1(C(=O)c2ccc(C(F)(F)F)c(F)c2)CCCCC1. The molecule has 1 aromatic rings. The minimum Gasteiger partial charge on any atom is -0.319 e. The highest BCUT2D eigenvalue weighted by Crippen LogP contribution is 2.33. The van der Waals surface area contributed by atoms with E-state index in [1.807, 2.05) is 0 Å². The van der Waals surface area contributed by atoms with E-state index in [-0.39, 0.29) is 5.56 Å². The minimum absolute atomic E-state index is 0.0973. The van der Waals surface area contributed by atoms with Crippen LogP contribution in [0.3, 0.4) is 0 Å². The Labute approximate surface area is 114 Å². The molecule has 0 spiro atoms. The predicted molar refractivity (Wildman–Crippen MR) is 65.7 cm³/mol. The fourth-order valence-electron chi connectivity index (χ4n) is 2.58. The Kier molecular flexibility index (Phi) is 3.86. The first-order chi connectivity index (χ1) is 9.24. The van der Waals surface area contributed by atoms with Crippen LogP contribution in [-0.2, 0) is 6.18 Å². The first kappa shape index (κ1) is 15.0. The molecule has 0 amide bonds. The third-order valence-corrected chi connectivity index (χ3v) is 3.73. The maximum atomic E-state index is 13.5. The lowest BCUT2D eigenvalue weighted by molar-refractivity contribution is -0.140. The number of rotatable bonds is 2. The van der Waals surface area contributed by atoms with Crippen molar-refractivity contribution >= 4 is 5.78 Å². The topological polar surface area (TPSA) is 43.1 Å². The van der Waals surface area contributed by atoms with Crippen LogP contribution in [0.25, 0.3) is 0 Å². The summed E-state index contributed by atoms with van der Waals surface area (Å²) in [6.07, 6.45) is -1.23. The van der Waals surface area contributed by atoms with Gasteiger partial charge < -0.3 is 5.73 Å². The second-order valence-corrected chi connectivity index (χ2v) is 5.24. The fourth-order valence-corrected chi connectivity index (χ4v) is 2.58. The first-order valence-corrected chi connectivity index (χ1v) is 6.44. The molecule has 2 N–H and O–H groups in total. The van der Waals surface area contributed by atoms with Crippen LogP contribution in [0.1, 0.15) is 48.0 Å². The van der Waals surface area contributed by atoms with Gasteiger partial charge in [-0.2, -0.15) is 13.2 Å². The smallest absolute Gasteiger partial charge is 0.319 e. The zero-order valence-corrected chi connectivity index (χ0v) is 10.8. The minimum atomic E-state index is -4.77. The molecule has 1 aliphatic carbocycles. The number of benzene rings is 1. The summed E-state index contributed by atoms with van der Waals surface area (Å²) in [6.45, 7) is 0. The predicted octanol–water partition coefficient (Wildman–Crippen LogP) is 3.69. The lowest BCUT2D eigenvalue weighted by atomic mass is 9.77. The average Bonchev–Trinajstić information content (AvgIpc) is 2.37. The van der Waals surface area contributed by atoms with Gasteiger partial charge in [0, 0.05) is 5.56 Å².